The van der Waals surface area contributed by atoms with Gasteiger partial charge in [-0.25, -0.2) is 4.98 Å². The predicted octanol–water partition coefficient (Wildman–Crippen LogP) is 3.94. The molecule has 1 amide bonds. The minimum absolute atomic E-state index is 0.0591. The molecule has 1 aliphatic heterocycles. The number of carbonyl (C=O) groups excluding carboxylic acids is 1. The van der Waals surface area contributed by atoms with Crippen LogP contribution < -0.4 is 5.32 Å². The van der Waals surface area contributed by atoms with Crippen molar-refractivity contribution in [1.82, 2.24) is 24.8 Å². The van der Waals surface area contributed by atoms with Gasteiger partial charge in [-0.3, -0.25) is 14.8 Å². The van der Waals surface area contributed by atoms with Gasteiger partial charge in [0.15, 0.2) is 0 Å². The zero-order valence-electron chi connectivity index (χ0n) is 17.6. The largest absolute Gasteiger partial charge is 0.376 e. The van der Waals surface area contributed by atoms with Crippen LogP contribution in [0.5, 0.6) is 0 Å². The molecule has 1 saturated heterocycles. The van der Waals surface area contributed by atoms with Gasteiger partial charge in [0.1, 0.15) is 10.7 Å². The third-order valence-electron chi connectivity index (χ3n) is 5.22. The van der Waals surface area contributed by atoms with Crippen molar-refractivity contribution < 1.29 is 9.53 Å². The second kappa shape index (κ2) is 9.06. The number of thiazole rings is 1. The first-order chi connectivity index (χ1) is 14.5. The van der Waals surface area contributed by atoms with Gasteiger partial charge in [-0.2, -0.15) is 0 Å². The van der Waals surface area contributed by atoms with Crippen LogP contribution in [-0.4, -0.2) is 44.7 Å². The summed E-state index contributed by atoms with van der Waals surface area (Å²) in [5.74, 6) is 0.381. The van der Waals surface area contributed by atoms with Gasteiger partial charge >= 0.3 is 0 Å². The first-order valence-electron chi connectivity index (χ1n) is 10.3. The van der Waals surface area contributed by atoms with Crippen LogP contribution >= 0.6 is 11.3 Å². The van der Waals surface area contributed by atoms with E-state index in [1.165, 1.54) is 11.3 Å². The van der Waals surface area contributed by atoms with Crippen LogP contribution in [0.25, 0.3) is 22.1 Å². The van der Waals surface area contributed by atoms with Crippen molar-refractivity contribution in [2.75, 3.05) is 13.2 Å². The van der Waals surface area contributed by atoms with E-state index in [1.807, 2.05) is 18.4 Å². The van der Waals surface area contributed by atoms with Crippen LogP contribution in [0.1, 0.15) is 42.7 Å². The van der Waals surface area contributed by atoms with Gasteiger partial charge in [-0.05, 0) is 31.7 Å². The summed E-state index contributed by atoms with van der Waals surface area (Å²) in [6.07, 6.45) is 7.22. The molecule has 3 aromatic heterocycles. The molecule has 0 saturated carbocycles. The molecule has 0 bridgehead atoms. The van der Waals surface area contributed by atoms with E-state index in [4.69, 9.17) is 9.72 Å². The van der Waals surface area contributed by atoms with Crippen LogP contribution in [0, 0.1) is 12.8 Å². The molecule has 1 N–H and O–H groups in total. The van der Waals surface area contributed by atoms with Crippen molar-refractivity contribution in [1.29, 1.82) is 0 Å². The van der Waals surface area contributed by atoms with E-state index in [0.29, 0.717) is 18.0 Å². The van der Waals surface area contributed by atoms with Crippen LogP contribution in [0.3, 0.4) is 0 Å². The average Bonchev–Trinajstić information content (AvgIpc) is 3.48. The molecule has 4 rings (SSSR count). The van der Waals surface area contributed by atoms with Gasteiger partial charge in [-0.1, -0.05) is 13.8 Å². The summed E-state index contributed by atoms with van der Waals surface area (Å²) in [4.78, 5) is 26.2. The van der Waals surface area contributed by atoms with E-state index in [-0.39, 0.29) is 12.0 Å². The Morgan fingerprint density at radius 1 is 1.37 bits per heavy atom. The molecule has 0 aliphatic carbocycles. The molecule has 0 spiro atoms. The summed E-state index contributed by atoms with van der Waals surface area (Å²) in [5, 5.41) is 5.88. The Morgan fingerprint density at radius 3 is 2.93 bits per heavy atom. The van der Waals surface area contributed by atoms with Gasteiger partial charge < -0.3 is 14.6 Å². The summed E-state index contributed by atoms with van der Waals surface area (Å²) in [6.45, 7) is 8.50. The van der Waals surface area contributed by atoms with Gasteiger partial charge in [0, 0.05) is 43.2 Å². The molecule has 1 aliphatic rings. The van der Waals surface area contributed by atoms with Crippen molar-refractivity contribution >= 4 is 17.2 Å². The fraction of sp³-hybridized carbons (Fsp3) is 0.455. The number of amides is 1. The highest BCUT2D eigenvalue weighted by atomic mass is 32.1. The third-order valence-corrected chi connectivity index (χ3v) is 6.09. The van der Waals surface area contributed by atoms with Crippen molar-refractivity contribution in [2.24, 2.45) is 5.92 Å². The average molecular weight is 426 g/mol. The number of nitrogens with one attached hydrogen (secondary N) is 1. The summed E-state index contributed by atoms with van der Waals surface area (Å²) in [5.41, 5.74) is 4.20. The second-order valence-corrected chi connectivity index (χ2v) is 8.86. The van der Waals surface area contributed by atoms with E-state index < -0.39 is 0 Å². The maximum absolute atomic E-state index is 12.9. The van der Waals surface area contributed by atoms with E-state index in [1.54, 1.807) is 18.6 Å². The first-order valence-corrected chi connectivity index (χ1v) is 11.2. The lowest BCUT2D eigenvalue weighted by molar-refractivity contribution is 0.0857. The van der Waals surface area contributed by atoms with Gasteiger partial charge in [0.2, 0.25) is 0 Å². The normalized spacial score (nSPS) is 16.3. The molecule has 1 fully saturated rings. The standard InChI is InChI=1S/C22H27N5O2S/c1-14(2)12-27-15(3)17(21(28)25-10-16-5-4-8-29-16)9-20(27)19-13-30-22(26-19)18-11-23-6-7-24-18/h6-7,9,11,13-14,16H,4-5,8,10,12H2,1-3H3,(H,25,28). The van der Waals surface area contributed by atoms with Crippen LogP contribution in [0.4, 0.5) is 0 Å². The number of aromatic nitrogens is 4. The summed E-state index contributed by atoms with van der Waals surface area (Å²) >= 11 is 1.53. The van der Waals surface area contributed by atoms with E-state index in [2.05, 4.69) is 33.7 Å². The lowest BCUT2D eigenvalue weighted by atomic mass is 10.2. The van der Waals surface area contributed by atoms with E-state index in [9.17, 15) is 4.79 Å². The molecule has 4 heterocycles. The molecular weight excluding hydrogens is 398 g/mol. The Labute approximate surface area is 180 Å². The number of rotatable bonds is 7. The Bertz CT molecular complexity index is 1010. The third kappa shape index (κ3) is 4.44. The van der Waals surface area contributed by atoms with E-state index >= 15 is 0 Å². The van der Waals surface area contributed by atoms with Gasteiger partial charge in [-0.15, -0.1) is 11.3 Å². The first kappa shape index (κ1) is 20.7. The molecular formula is C22H27N5O2S. The second-order valence-electron chi connectivity index (χ2n) is 8.01. The Balaban J connectivity index is 1.62. The lowest BCUT2D eigenvalue weighted by Crippen LogP contribution is -2.32. The van der Waals surface area contributed by atoms with Crippen molar-refractivity contribution in [3.05, 3.63) is 41.3 Å². The lowest BCUT2D eigenvalue weighted by Gasteiger charge is -2.14. The quantitative estimate of drug-likeness (QED) is 0.620. The molecule has 158 valence electrons. The fourth-order valence-corrected chi connectivity index (χ4v) is 4.49. The molecule has 1 unspecified atom stereocenters. The number of nitrogens with zero attached hydrogens (tertiary/aromatic N) is 4. The molecule has 0 aromatic carbocycles. The zero-order valence-corrected chi connectivity index (χ0v) is 18.4. The highest BCUT2D eigenvalue weighted by molar-refractivity contribution is 7.13. The van der Waals surface area contributed by atoms with Gasteiger partial charge in [0.05, 0.1) is 29.3 Å². The van der Waals surface area contributed by atoms with Crippen LogP contribution in [0.2, 0.25) is 0 Å². The summed E-state index contributed by atoms with van der Waals surface area (Å²) < 4.78 is 7.82. The molecule has 3 aromatic rings. The molecule has 1 atom stereocenters. The number of hydrogen-bond acceptors (Lipinski definition) is 6. The molecule has 0 radical (unpaired) electrons. The topological polar surface area (TPSA) is 81.9 Å². The minimum Gasteiger partial charge on any atom is -0.376 e. The molecule has 7 nitrogen and oxygen atoms in total. The number of carbonyl (C=O) groups is 1. The van der Waals surface area contributed by atoms with Crippen LogP contribution in [0.15, 0.2) is 30.0 Å². The number of ether oxygens (including phenoxy) is 1. The smallest absolute Gasteiger partial charge is 0.253 e. The van der Waals surface area contributed by atoms with Gasteiger partial charge in [0.25, 0.3) is 5.91 Å². The highest BCUT2D eigenvalue weighted by Gasteiger charge is 2.22. The summed E-state index contributed by atoms with van der Waals surface area (Å²) in [6, 6.07) is 1.96. The monoisotopic (exact) mass is 425 g/mol. The fourth-order valence-electron chi connectivity index (χ4n) is 3.71. The Hall–Kier alpha value is -2.58. The Morgan fingerprint density at radius 2 is 2.23 bits per heavy atom. The minimum atomic E-state index is -0.0591. The molecule has 8 heteroatoms. The van der Waals surface area contributed by atoms with Crippen molar-refractivity contribution in [3.63, 3.8) is 0 Å². The van der Waals surface area contributed by atoms with E-state index in [0.717, 1.165) is 53.8 Å². The maximum Gasteiger partial charge on any atom is 0.253 e. The SMILES string of the molecule is Cc1c(C(=O)NCC2CCCO2)cc(-c2csc(-c3cnccn3)n2)n1CC(C)C. The maximum atomic E-state index is 12.9. The van der Waals surface area contributed by atoms with Crippen molar-refractivity contribution in [3.8, 4) is 22.1 Å². The van der Waals surface area contributed by atoms with Crippen molar-refractivity contribution in [2.45, 2.75) is 46.3 Å². The van der Waals surface area contributed by atoms with Crippen LogP contribution in [-0.2, 0) is 11.3 Å². The highest BCUT2D eigenvalue weighted by Crippen LogP contribution is 2.31. The molecule has 30 heavy (non-hydrogen) atoms. The number of hydrogen-bond donors (Lipinski definition) is 1. The zero-order chi connectivity index (χ0) is 21.1. The predicted molar refractivity (Wildman–Crippen MR) is 117 cm³/mol. The Kier molecular flexibility index (Phi) is 6.24. The summed E-state index contributed by atoms with van der Waals surface area (Å²) in [7, 11) is 0.